The van der Waals surface area contributed by atoms with Crippen LogP contribution in [0.2, 0.25) is 0 Å². The van der Waals surface area contributed by atoms with Crippen LogP contribution < -0.4 is 14.8 Å². The summed E-state index contributed by atoms with van der Waals surface area (Å²) in [5.74, 6) is -1.09. The molecule has 1 aromatic rings. The van der Waals surface area contributed by atoms with Crippen molar-refractivity contribution in [2.45, 2.75) is 68.7 Å². The summed E-state index contributed by atoms with van der Waals surface area (Å²) in [7, 11) is 2.00. The molecule has 2 aliphatic carbocycles. The van der Waals surface area contributed by atoms with Gasteiger partial charge in [0.1, 0.15) is 6.04 Å². The molecule has 1 saturated carbocycles. The molecule has 1 amide bonds. The summed E-state index contributed by atoms with van der Waals surface area (Å²) in [5, 5.41) is 23.7. The van der Waals surface area contributed by atoms with Crippen molar-refractivity contribution in [2.75, 3.05) is 13.6 Å². The Morgan fingerprint density at radius 2 is 2.06 bits per heavy atom. The van der Waals surface area contributed by atoms with Crippen molar-refractivity contribution in [3.63, 3.8) is 0 Å². The molecule has 32 heavy (non-hydrogen) atoms. The summed E-state index contributed by atoms with van der Waals surface area (Å²) < 4.78 is 11.7. The van der Waals surface area contributed by atoms with Gasteiger partial charge in [0.25, 0.3) is 0 Å². The van der Waals surface area contributed by atoms with E-state index in [9.17, 15) is 24.6 Å². The van der Waals surface area contributed by atoms with E-state index in [2.05, 4.69) is 10.2 Å². The molecule has 1 spiro atoms. The van der Waals surface area contributed by atoms with Crippen molar-refractivity contribution in [3.8, 4) is 11.5 Å². The Bertz CT molecular complexity index is 1020. The molecule has 3 N–H and O–H groups in total. The fraction of sp³-hybridized carbons (Fsp3) is 0.609. The zero-order valence-corrected chi connectivity index (χ0v) is 18.4. The number of benzene rings is 1. The van der Waals surface area contributed by atoms with E-state index in [-0.39, 0.29) is 29.9 Å². The number of nitrogens with zero attached hydrogens (tertiary/aromatic N) is 1. The van der Waals surface area contributed by atoms with Crippen LogP contribution in [-0.4, -0.2) is 70.3 Å². The van der Waals surface area contributed by atoms with E-state index >= 15 is 0 Å². The van der Waals surface area contributed by atoms with E-state index in [1.54, 1.807) is 19.9 Å². The number of carbonyl (C=O) groups excluding carboxylic acids is 2. The number of ether oxygens (including phenoxy) is 2. The Morgan fingerprint density at radius 3 is 2.75 bits per heavy atom. The number of rotatable bonds is 4. The van der Waals surface area contributed by atoms with E-state index in [0.29, 0.717) is 25.0 Å². The van der Waals surface area contributed by atoms with Crippen LogP contribution in [0.5, 0.6) is 11.5 Å². The molecule has 0 aromatic heterocycles. The standard InChI is InChI=1S/C23H28N2O7/c1-11(2)17(20(27)28)24-21(29)31-14-5-4-12-10-15-23(30)7-6-13(26)19-22(23,8-9-25(15)3)16(12)18(14)32-19/h4-5,11,15,17,19,30H,6-10H2,1-3H3,(H,24,29)(H,27,28)/t15-,17-,19+,22?,23-/m1/s1. The first-order chi connectivity index (χ1) is 15.1. The maximum Gasteiger partial charge on any atom is 0.413 e. The van der Waals surface area contributed by atoms with Crippen LogP contribution in [0.3, 0.4) is 0 Å². The van der Waals surface area contributed by atoms with Gasteiger partial charge in [-0.15, -0.1) is 0 Å². The first-order valence-corrected chi connectivity index (χ1v) is 11.1. The van der Waals surface area contributed by atoms with Gasteiger partial charge in [-0.05, 0) is 50.4 Å². The lowest BCUT2D eigenvalue weighted by atomic mass is 9.49. The van der Waals surface area contributed by atoms with Gasteiger partial charge in [0.2, 0.25) is 0 Å². The van der Waals surface area contributed by atoms with Crippen LogP contribution in [-0.2, 0) is 21.4 Å². The van der Waals surface area contributed by atoms with Gasteiger partial charge in [0.05, 0.1) is 11.0 Å². The van der Waals surface area contributed by atoms with Crippen LogP contribution in [0.15, 0.2) is 12.1 Å². The second-order valence-electron chi connectivity index (χ2n) is 9.83. The van der Waals surface area contributed by atoms with Gasteiger partial charge >= 0.3 is 12.1 Å². The van der Waals surface area contributed by atoms with Crippen molar-refractivity contribution >= 4 is 17.8 Å². The van der Waals surface area contributed by atoms with Crippen LogP contribution in [0.25, 0.3) is 0 Å². The Balaban J connectivity index is 1.55. The molecule has 2 bridgehead atoms. The summed E-state index contributed by atoms with van der Waals surface area (Å²) in [5.41, 5.74) is -0.216. The molecular weight excluding hydrogens is 416 g/mol. The highest BCUT2D eigenvalue weighted by molar-refractivity contribution is 5.90. The number of likely N-dealkylation sites (tertiary alicyclic amines) is 1. The second kappa shape index (κ2) is 6.92. The first-order valence-electron chi connectivity index (χ1n) is 11.1. The Kier molecular flexibility index (Phi) is 4.59. The lowest BCUT2D eigenvalue weighted by Crippen LogP contribution is -2.76. The second-order valence-corrected chi connectivity index (χ2v) is 9.83. The third-order valence-corrected chi connectivity index (χ3v) is 7.92. The zero-order valence-electron chi connectivity index (χ0n) is 18.4. The SMILES string of the molecule is CC(C)[C@@H](NC(=O)Oc1ccc2c3c1O[C@H]1C(=O)CC[C@@]4(O)[C@@H](C2)N(C)CCC314)C(=O)O. The van der Waals surface area contributed by atoms with Gasteiger partial charge < -0.3 is 29.9 Å². The van der Waals surface area contributed by atoms with Crippen molar-refractivity contribution in [3.05, 3.63) is 23.3 Å². The molecule has 9 heteroatoms. The number of Topliss-reactive ketones (excluding diaryl/α,β-unsaturated/α-hetero) is 1. The normalized spacial score (nSPS) is 33.3. The minimum atomic E-state index is -1.15. The van der Waals surface area contributed by atoms with Crippen molar-refractivity contribution in [2.24, 2.45) is 5.92 Å². The molecule has 172 valence electrons. The van der Waals surface area contributed by atoms with Crippen LogP contribution >= 0.6 is 0 Å². The number of carboxylic acid groups (broad SMARTS) is 1. The molecule has 9 nitrogen and oxygen atoms in total. The van der Waals surface area contributed by atoms with Crippen molar-refractivity contribution in [1.82, 2.24) is 10.2 Å². The largest absolute Gasteiger partial charge is 0.480 e. The number of carbonyl (C=O) groups is 3. The summed E-state index contributed by atoms with van der Waals surface area (Å²) in [4.78, 5) is 39.0. The number of amides is 1. The zero-order chi connectivity index (χ0) is 23.0. The molecule has 5 rings (SSSR count). The molecular formula is C23H28N2O7. The molecule has 5 atom stereocenters. The summed E-state index contributed by atoms with van der Waals surface area (Å²) in [6, 6.07) is 2.26. The van der Waals surface area contributed by atoms with Crippen LogP contribution in [0, 0.1) is 5.92 Å². The number of carboxylic acids is 1. The van der Waals surface area contributed by atoms with Crippen LogP contribution in [0.1, 0.15) is 44.2 Å². The molecule has 2 aliphatic heterocycles. The van der Waals surface area contributed by atoms with Gasteiger partial charge in [0, 0.05) is 18.0 Å². The van der Waals surface area contributed by atoms with Gasteiger partial charge in [-0.2, -0.15) is 0 Å². The van der Waals surface area contributed by atoms with Gasteiger partial charge in [-0.3, -0.25) is 4.79 Å². The van der Waals surface area contributed by atoms with E-state index in [1.165, 1.54) is 0 Å². The lowest BCUT2D eigenvalue weighted by molar-refractivity contribution is -0.185. The highest BCUT2D eigenvalue weighted by Crippen LogP contribution is 2.64. The maximum atomic E-state index is 12.9. The molecule has 0 radical (unpaired) electrons. The molecule has 1 unspecified atom stereocenters. The number of aliphatic carboxylic acids is 1. The van der Waals surface area contributed by atoms with Crippen molar-refractivity contribution < 1.29 is 34.1 Å². The third-order valence-electron chi connectivity index (χ3n) is 7.92. The molecule has 4 aliphatic rings. The summed E-state index contributed by atoms with van der Waals surface area (Å²) in [6.07, 6.45) is 0.0692. The minimum Gasteiger partial charge on any atom is -0.480 e. The Hall–Kier alpha value is -2.65. The average Bonchev–Trinajstić information content (AvgIpc) is 3.08. The number of likely N-dealkylation sites (N-methyl/N-ethyl adjacent to an activating group) is 1. The smallest absolute Gasteiger partial charge is 0.413 e. The van der Waals surface area contributed by atoms with Gasteiger partial charge in [-0.25, -0.2) is 9.59 Å². The van der Waals surface area contributed by atoms with Crippen LogP contribution in [0.4, 0.5) is 4.79 Å². The monoisotopic (exact) mass is 444 g/mol. The maximum absolute atomic E-state index is 12.9. The highest BCUT2D eigenvalue weighted by atomic mass is 16.6. The Morgan fingerprint density at radius 1 is 1.31 bits per heavy atom. The average molecular weight is 444 g/mol. The number of nitrogens with one attached hydrogen (secondary N) is 1. The van der Waals surface area contributed by atoms with E-state index in [4.69, 9.17) is 9.47 Å². The molecule has 2 fully saturated rings. The third kappa shape index (κ3) is 2.61. The number of aliphatic hydroxyl groups is 1. The fourth-order valence-electron chi connectivity index (χ4n) is 6.37. The number of ketones is 1. The predicted molar refractivity (Wildman–Crippen MR) is 112 cm³/mol. The van der Waals surface area contributed by atoms with Gasteiger partial charge in [-0.1, -0.05) is 19.9 Å². The lowest BCUT2D eigenvalue weighted by Gasteiger charge is -2.61. The topological polar surface area (TPSA) is 125 Å². The minimum absolute atomic E-state index is 0.0526. The van der Waals surface area contributed by atoms with E-state index in [1.807, 2.05) is 13.1 Å². The van der Waals surface area contributed by atoms with E-state index < -0.39 is 35.2 Å². The predicted octanol–water partition coefficient (Wildman–Crippen LogP) is 1.24. The van der Waals surface area contributed by atoms with Crippen molar-refractivity contribution in [1.29, 1.82) is 0 Å². The highest BCUT2D eigenvalue weighted by Gasteiger charge is 2.72. The fourth-order valence-corrected chi connectivity index (χ4v) is 6.37. The number of hydrogen-bond acceptors (Lipinski definition) is 7. The summed E-state index contributed by atoms with van der Waals surface area (Å²) >= 11 is 0. The molecule has 1 aromatic carbocycles. The molecule has 2 heterocycles. The number of piperidine rings is 1. The number of hydrogen-bond donors (Lipinski definition) is 3. The Labute approximate surface area is 185 Å². The van der Waals surface area contributed by atoms with E-state index in [0.717, 1.165) is 17.7 Å². The quantitative estimate of drug-likeness (QED) is 0.633. The van der Waals surface area contributed by atoms with Gasteiger partial charge in [0.15, 0.2) is 23.4 Å². The summed E-state index contributed by atoms with van der Waals surface area (Å²) in [6.45, 7) is 4.10. The molecule has 1 saturated heterocycles. The first kappa shape index (κ1) is 21.2.